The first-order valence-electron chi connectivity index (χ1n) is 5.91. The number of hydrogen-bond donors (Lipinski definition) is 1. The Hall–Kier alpha value is -2.53. The minimum atomic E-state index is -1.22. The molecule has 0 aromatic heterocycles. The lowest BCUT2D eigenvalue weighted by molar-refractivity contribution is 0.0686. The predicted molar refractivity (Wildman–Crippen MR) is 76.4 cm³/mol. The smallest absolute Gasteiger partial charge is 0.343 e. The molecule has 2 rings (SSSR count). The molecule has 0 aliphatic rings. The van der Waals surface area contributed by atoms with Crippen LogP contribution < -0.4 is 9.47 Å². The highest BCUT2D eigenvalue weighted by Gasteiger charge is 2.21. The van der Waals surface area contributed by atoms with Gasteiger partial charge in [-0.25, -0.2) is 9.59 Å². The summed E-state index contributed by atoms with van der Waals surface area (Å²) in [7, 11) is 1.37. The number of rotatable bonds is 4. The Morgan fingerprint density at radius 2 is 1.76 bits per heavy atom. The van der Waals surface area contributed by atoms with E-state index in [0.29, 0.717) is 5.56 Å². The van der Waals surface area contributed by atoms with Crippen molar-refractivity contribution in [3.8, 4) is 11.5 Å². The molecule has 0 spiro atoms. The zero-order chi connectivity index (χ0) is 15.4. The van der Waals surface area contributed by atoms with Crippen LogP contribution in [0.25, 0.3) is 0 Å². The van der Waals surface area contributed by atoms with Gasteiger partial charge >= 0.3 is 11.9 Å². The van der Waals surface area contributed by atoms with Gasteiger partial charge in [0.15, 0.2) is 11.5 Å². The number of ether oxygens (including phenoxy) is 2. The molecule has 0 fully saturated rings. The molecule has 0 bridgehead atoms. The molecule has 6 heteroatoms. The molecule has 0 heterocycles. The number of carbonyl (C=O) groups is 2. The van der Waals surface area contributed by atoms with Crippen molar-refractivity contribution in [2.24, 2.45) is 0 Å². The topological polar surface area (TPSA) is 72.8 Å². The molecule has 0 saturated carbocycles. The van der Waals surface area contributed by atoms with Crippen LogP contribution in [0.2, 0.25) is 5.02 Å². The third kappa shape index (κ3) is 3.14. The van der Waals surface area contributed by atoms with Gasteiger partial charge in [0, 0.05) is 0 Å². The zero-order valence-electron chi connectivity index (χ0n) is 11.0. The van der Waals surface area contributed by atoms with E-state index in [1.54, 1.807) is 30.3 Å². The second-order valence-electron chi connectivity index (χ2n) is 4.02. The van der Waals surface area contributed by atoms with E-state index < -0.39 is 11.9 Å². The predicted octanol–water partition coefficient (Wildman–Crippen LogP) is 3.27. The number of carboxylic acid groups (broad SMARTS) is 1. The number of halogens is 1. The van der Waals surface area contributed by atoms with E-state index in [1.807, 2.05) is 0 Å². The van der Waals surface area contributed by atoms with Gasteiger partial charge < -0.3 is 14.6 Å². The van der Waals surface area contributed by atoms with Crippen molar-refractivity contribution in [2.45, 2.75) is 0 Å². The number of carbonyl (C=O) groups excluding carboxylic acids is 1. The van der Waals surface area contributed by atoms with Gasteiger partial charge in [-0.1, -0.05) is 29.8 Å². The maximum Gasteiger partial charge on any atom is 0.343 e. The fourth-order valence-electron chi connectivity index (χ4n) is 1.69. The van der Waals surface area contributed by atoms with Gasteiger partial charge in [-0.2, -0.15) is 0 Å². The van der Waals surface area contributed by atoms with Crippen LogP contribution in [0.1, 0.15) is 20.7 Å². The van der Waals surface area contributed by atoms with E-state index in [4.69, 9.17) is 26.2 Å². The highest BCUT2D eigenvalue weighted by molar-refractivity contribution is 6.35. The van der Waals surface area contributed by atoms with Crippen LogP contribution in [0.5, 0.6) is 11.5 Å². The number of esters is 1. The van der Waals surface area contributed by atoms with Crippen LogP contribution >= 0.6 is 11.6 Å². The van der Waals surface area contributed by atoms with E-state index in [0.717, 1.165) is 0 Å². The lowest BCUT2D eigenvalue weighted by Gasteiger charge is -2.12. The standard InChI is InChI=1S/C15H11ClO5/c1-20-11-8-7-10(14(17)18)12(16)13(11)21-15(19)9-5-3-2-4-6-9/h2-8H,1H3,(H,17,18). The Labute approximate surface area is 125 Å². The average molecular weight is 307 g/mol. The molecule has 1 N–H and O–H groups in total. The van der Waals surface area contributed by atoms with Crippen molar-refractivity contribution in [2.75, 3.05) is 7.11 Å². The van der Waals surface area contributed by atoms with Crippen molar-refractivity contribution in [1.29, 1.82) is 0 Å². The largest absolute Gasteiger partial charge is 0.493 e. The van der Waals surface area contributed by atoms with E-state index >= 15 is 0 Å². The lowest BCUT2D eigenvalue weighted by Crippen LogP contribution is -2.10. The number of aromatic carboxylic acids is 1. The quantitative estimate of drug-likeness (QED) is 0.693. The molecule has 0 radical (unpaired) electrons. The summed E-state index contributed by atoms with van der Waals surface area (Å²) in [5, 5.41) is 8.85. The Kier molecular flexibility index (Phi) is 4.45. The summed E-state index contributed by atoms with van der Waals surface area (Å²) >= 11 is 5.98. The highest BCUT2D eigenvalue weighted by Crippen LogP contribution is 2.38. The molecular formula is C15H11ClO5. The van der Waals surface area contributed by atoms with Gasteiger partial charge in [0.2, 0.25) is 0 Å². The SMILES string of the molecule is COc1ccc(C(=O)O)c(Cl)c1OC(=O)c1ccccc1. The molecule has 2 aromatic carbocycles. The minimum absolute atomic E-state index is 0.118. The van der Waals surface area contributed by atoms with Gasteiger partial charge in [-0.3, -0.25) is 0 Å². The molecule has 0 amide bonds. The second kappa shape index (κ2) is 6.28. The Morgan fingerprint density at radius 3 is 2.33 bits per heavy atom. The van der Waals surface area contributed by atoms with Crippen molar-refractivity contribution in [1.82, 2.24) is 0 Å². The van der Waals surface area contributed by atoms with E-state index in [9.17, 15) is 9.59 Å². The van der Waals surface area contributed by atoms with Crippen molar-refractivity contribution >= 4 is 23.5 Å². The summed E-state index contributed by atoms with van der Waals surface area (Å²) in [6.07, 6.45) is 0. The second-order valence-corrected chi connectivity index (χ2v) is 4.40. The monoisotopic (exact) mass is 306 g/mol. The van der Waals surface area contributed by atoms with Crippen LogP contribution in [0, 0.1) is 0 Å². The fraction of sp³-hybridized carbons (Fsp3) is 0.0667. The maximum atomic E-state index is 12.0. The Bertz CT molecular complexity index is 682. The van der Waals surface area contributed by atoms with Gasteiger partial charge in [0.1, 0.15) is 5.02 Å². The summed E-state index contributed by atoms with van der Waals surface area (Å²) in [6.45, 7) is 0. The van der Waals surface area contributed by atoms with Crippen molar-refractivity contribution in [3.63, 3.8) is 0 Å². The van der Waals surface area contributed by atoms with Crippen LogP contribution in [-0.2, 0) is 0 Å². The molecule has 0 unspecified atom stereocenters. The van der Waals surface area contributed by atoms with E-state index in [-0.39, 0.29) is 22.1 Å². The van der Waals surface area contributed by atoms with Gasteiger partial charge in [-0.05, 0) is 24.3 Å². The summed E-state index contributed by atoms with van der Waals surface area (Å²) in [5.41, 5.74) is 0.143. The molecule has 21 heavy (non-hydrogen) atoms. The minimum Gasteiger partial charge on any atom is -0.493 e. The first kappa shape index (κ1) is 14.9. The molecule has 0 saturated heterocycles. The van der Waals surface area contributed by atoms with Crippen LogP contribution in [-0.4, -0.2) is 24.2 Å². The molecule has 0 aliphatic heterocycles. The lowest BCUT2D eigenvalue weighted by atomic mass is 10.2. The molecule has 0 atom stereocenters. The summed E-state index contributed by atoms with van der Waals surface area (Å²) in [6, 6.07) is 10.9. The molecule has 0 aliphatic carbocycles. The van der Waals surface area contributed by atoms with E-state index in [1.165, 1.54) is 19.2 Å². The summed E-state index contributed by atoms with van der Waals surface area (Å²) in [5.74, 6) is -1.82. The number of methoxy groups -OCH3 is 1. The van der Waals surface area contributed by atoms with Crippen LogP contribution in [0.3, 0.4) is 0 Å². The molecule has 5 nitrogen and oxygen atoms in total. The first-order chi connectivity index (χ1) is 10.0. The van der Waals surface area contributed by atoms with E-state index in [2.05, 4.69) is 0 Å². The number of benzene rings is 2. The van der Waals surface area contributed by atoms with Crippen LogP contribution in [0.15, 0.2) is 42.5 Å². The average Bonchev–Trinajstić information content (AvgIpc) is 2.49. The van der Waals surface area contributed by atoms with Gasteiger partial charge in [0.05, 0.1) is 18.2 Å². The van der Waals surface area contributed by atoms with Crippen molar-refractivity contribution < 1.29 is 24.2 Å². The Balaban J connectivity index is 2.41. The highest BCUT2D eigenvalue weighted by atomic mass is 35.5. The van der Waals surface area contributed by atoms with Gasteiger partial charge in [0.25, 0.3) is 0 Å². The third-order valence-electron chi connectivity index (χ3n) is 2.72. The number of carboxylic acids is 1. The summed E-state index contributed by atoms with van der Waals surface area (Å²) in [4.78, 5) is 23.1. The Morgan fingerprint density at radius 1 is 1.10 bits per heavy atom. The zero-order valence-corrected chi connectivity index (χ0v) is 11.8. The fourth-order valence-corrected chi connectivity index (χ4v) is 1.96. The molecule has 2 aromatic rings. The molecule has 108 valence electrons. The summed E-state index contributed by atoms with van der Waals surface area (Å²) < 4.78 is 10.2. The third-order valence-corrected chi connectivity index (χ3v) is 3.09. The number of hydrogen-bond acceptors (Lipinski definition) is 4. The molecular weight excluding hydrogens is 296 g/mol. The van der Waals surface area contributed by atoms with Crippen LogP contribution in [0.4, 0.5) is 0 Å². The maximum absolute atomic E-state index is 12.0. The first-order valence-corrected chi connectivity index (χ1v) is 6.29. The van der Waals surface area contributed by atoms with Crippen molar-refractivity contribution in [3.05, 3.63) is 58.6 Å². The normalized spacial score (nSPS) is 10.0. The van der Waals surface area contributed by atoms with Gasteiger partial charge in [-0.15, -0.1) is 0 Å².